The van der Waals surface area contributed by atoms with E-state index in [0.29, 0.717) is 4.47 Å². The van der Waals surface area contributed by atoms with Gasteiger partial charge in [-0.15, -0.1) is 11.6 Å². The summed E-state index contributed by atoms with van der Waals surface area (Å²) in [6.07, 6.45) is -5.52. The van der Waals surface area contributed by atoms with Crippen molar-refractivity contribution in [2.24, 2.45) is 0 Å². The number of alkyl halides is 4. The lowest BCUT2D eigenvalue weighted by Gasteiger charge is -2.13. The Balaban J connectivity index is 3.17. The molecule has 1 rings (SSSR count). The second kappa shape index (κ2) is 4.72. The molecule has 84 valence electrons. The Labute approximate surface area is 98.0 Å². The molecule has 0 saturated heterocycles. The summed E-state index contributed by atoms with van der Waals surface area (Å²) in [7, 11) is 0. The Hall–Kier alpha value is -0.260. The fraction of sp³-hybridized carbons (Fsp3) is 0.333. The van der Waals surface area contributed by atoms with Crippen LogP contribution in [0.15, 0.2) is 22.7 Å². The van der Waals surface area contributed by atoms with Crippen LogP contribution in [0.1, 0.15) is 17.2 Å². The molecular formula is C9H7BrClF3O. The number of hydrogen-bond acceptors (Lipinski definition) is 1. The summed E-state index contributed by atoms with van der Waals surface area (Å²) in [4.78, 5) is 0. The van der Waals surface area contributed by atoms with Crippen molar-refractivity contribution >= 4 is 27.5 Å². The van der Waals surface area contributed by atoms with Crippen molar-refractivity contribution < 1.29 is 18.3 Å². The minimum Gasteiger partial charge on any atom is -0.387 e. The van der Waals surface area contributed by atoms with Crippen LogP contribution in [0.2, 0.25) is 0 Å². The van der Waals surface area contributed by atoms with Gasteiger partial charge in [-0.1, -0.05) is 15.9 Å². The topological polar surface area (TPSA) is 20.2 Å². The zero-order chi connectivity index (χ0) is 11.6. The number of benzene rings is 1. The molecule has 0 radical (unpaired) electrons. The van der Waals surface area contributed by atoms with E-state index in [0.717, 1.165) is 12.1 Å². The number of hydrogen-bond donors (Lipinski definition) is 1. The van der Waals surface area contributed by atoms with Crippen LogP contribution >= 0.6 is 27.5 Å². The van der Waals surface area contributed by atoms with Crippen LogP contribution in [0.3, 0.4) is 0 Å². The third kappa shape index (κ3) is 3.09. The van der Waals surface area contributed by atoms with Gasteiger partial charge in [0.05, 0.1) is 17.5 Å². The number of aliphatic hydroxyl groups is 1. The van der Waals surface area contributed by atoms with Crippen molar-refractivity contribution in [3.63, 3.8) is 0 Å². The van der Waals surface area contributed by atoms with Crippen molar-refractivity contribution in [1.82, 2.24) is 0 Å². The molecular weight excluding hydrogens is 296 g/mol. The van der Waals surface area contributed by atoms with Crippen molar-refractivity contribution in [3.05, 3.63) is 33.8 Å². The Morgan fingerprint density at radius 2 is 2.00 bits per heavy atom. The van der Waals surface area contributed by atoms with Crippen LogP contribution in [-0.2, 0) is 6.18 Å². The van der Waals surface area contributed by atoms with Gasteiger partial charge in [0.15, 0.2) is 0 Å². The maximum atomic E-state index is 12.3. The molecule has 0 aliphatic carbocycles. The van der Waals surface area contributed by atoms with Gasteiger partial charge in [-0.2, -0.15) is 13.2 Å². The van der Waals surface area contributed by atoms with E-state index in [1.165, 1.54) is 6.07 Å². The summed E-state index contributed by atoms with van der Waals surface area (Å²) < 4.78 is 37.4. The van der Waals surface area contributed by atoms with E-state index in [-0.39, 0.29) is 11.4 Å². The summed E-state index contributed by atoms with van der Waals surface area (Å²) in [5.41, 5.74) is -0.662. The van der Waals surface area contributed by atoms with Crippen LogP contribution in [0.5, 0.6) is 0 Å². The van der Waals surface area contributed by atoms with E-state index in [9.17, 15) is 18.3 Å². The predicted octanol–water partition coefficient (Wildman–Crippen LogP) is 3.74. The fourth-order valence-corrected chi connectivity index (χ4v) is 1.74. The van der Waals surface area contributed by atoms with Crippen LogP contribution < -0.4 is 0 Å². The standard InChI is InChI=1S/C9H7BrClF3O/c10-7-2-1-5(9(12,13)14)3-6(7)8(15)4-11/h1-3,8,15H,4H2. The molecule has 1 aromatic rings. The van der Waals surface area contributed by atoms with Gasteiger partial charge in [-0.3, -0.25) is 0 Å². The first-order chi connectivity index (χ1) is 6.86. The summed E-state index contributed by atoms with van der Waals surface area (Å²) in [6, 6.07) is 3.07. The highest BCUT2D eigenvalue weighted by Gasteiger charge is 2.31. The largest absolute Gasteiger partial charge is 0.416 e. The summed E-state index contributed by atoms with van der Waals surface area (Å²) in [6.45, 7) is 0. The zero-order valence-electron chi connectivity index (χ0n) is 7.35. The fourth-order valence-electron chi connectivity index (χ4n) is 1.06. The Morgan fingerprint density at radius 1 is 1.40 bits per heavy atom. The summed E-state index contributed by atoms with van der Waals surface area (Å²) in [5.74, 6) is -0.153. The first-order valence-electron chi connectivity index (χ1n) is 3.97. The molecule has 1 nitrogen and oxygen atoms in total. The van der Waals surface area contributed by atoms with Crippen molar-refractivity contribution in [2.75, 3.05) is 5.88 Å². The van der Waals surface area contributed by atoms with Gasteiger partial charge in [-0.05, 0) is 23.8 Å². The van der Waals surface area contributed by atoms with Crippen molar-refractivity contribution in [3.8, 4) is 0 Å². The van der Waals surface area contributed by atoms with Gasteiger partial charge in [0.1, 0.15) is 0 Å². The highest BCUT2D eigenvalue weighted by molar-refractivity contribution is 9.10. The highest BCUT2D eigenvalue weighted by Crippen LogP contribution is 2.34. The quantitative estimate of drug-likeness (QED) is 0.825. The van der Waals surface area contributed by atoms with E-state index < -0.39 is 17.8 Å². The molecule has 0 spiro atoms. The lowest BCUT2D eigenvalue weighted by molar-refractivity contribution is -0.137. The minimum absolute atomic E-state index is 0.139. The van der Waals surface area contributed by atoms with Gasteiger partial charge >= 0.3 is 6.18 Å². The molecule has 1 N–H and O–H groups in total. The van der Waals surface area contributed by atoms with E-state index in [4.69, 9.17) is 11.6 Å². The van der Waals surface area contributed by atoms with Crippen LogP contribution in [0, 0.1) is 0 Å². The van der Waals surface area contributed by atoms with Gasteiger partial charge in [0.2, 0.25) is 0 Å². The van der Waals surface area contributed by atoms with Gasteiger partial charge in [0, 0.05) is 4.47 Å². The third-order valence-corrected chi connectivity index (χ3v) is 2.84. The molecule has 1 unspecified atom stereocenters. The lowest BCUT2D eigenvalue weighted by atomic mass is 10.1. The lowest BCUT2D eigenvalue weighted by Crippen LogP contribution is -2.08. The van der Waals surface area contributed by atoms with Gasteiger partial charge < -0.3 is 5.11 Å². The van der Waals surface area contributed by atoms with Crippen molar-refractivity contribution in [1.29, 1.82) is 0 Å². The average molecular weight is 304 g/mol. The number of halogens is 5. The normalized spacial score (nSPS) is 14.0. The molecule has 1 atom stereocenters. The first kappa shape index (κ1) is 12.8. The predicted molar refractivity (Wildman–Crippen MR) is 54.8 cm³/mol. The molecule has 15 heavy (non-hydrogen) atoms. The molecule has 0 fully saturated rings. The van der Waals surface area contributed by atoms with Crippen LogP contribution in [0.25, 0.3) is 0 Å². The Morgan fingerprint density at radius 3 is 2.47 bits per heavy atom. The molecule has 0 amide bonds. The molecule has 0 saturated carbocycles. The summed E-state index contributed by atoms with van der Waals surface area (Å²) >= 11 is 8.43. The molecule has 0 aromatic heterocycles. The van der Waals surface area contributed by atoms with Crippen molar-refractivity contribution in [2.45, 2.75) is 12.3 Å². The Kier molecular flexibility index (Phi) is 4.03. The Bertz CT molecular complexity index is 354. The molecule has 6 heteroatoms. The maximum absolute atomic E-state index is 12.3. The monoisotopic (exact) mass is 302 g/mol. The second-order valence-electron chi connectivity index (χ2n) is 2.90. The number of rotatable bonds is 2. The number of aliphatic hydroxyl groups excluding tert-OH is 1. The zero-order valence-corrected chi connectivity index (χ0v) is 9.70. The molecule has 0 heterocycles. The van der Waals surface area contributed by atoms with Crippen LogP contribution in [-0.4, -0.2) is 11.0 Å². The maximum Gasteiger partial charge on any atom is 0.416 e. The third-order valence-electron chi connectivity index (χ3n) is 1.83. The SMILES string of the molecule is OC(CCl)c1cc(C(F)(F)F)ccc1Br. The van der Waals surface area contributed by atoms with Gasteiger partial charge in [0.25, 0.3) is 0 Å². The van der Waals surface area contributed by atoms with E-state index in [1.807, 2.05) is 0 Å². The van der Waals surface area contributed by atoms with E-state index in [2.05, 4.69) is 15.9 Å². The summed E-state index contributed by atoms with van der Waals surface area (Å²) in [5, 5.41) is 9.37. The van der Waals surface area contributed by atoms with E-state index in [1.54, 1.807) is 0 Å². The molecule has 0 aliphatic rings. The smallest absolute Gasteiger partial charge is 0.387 e. The molecule has 0 aliphatic heterocycles. The first-order valence-corrected chi connectivity index (χ1v) is 5.29. The van der Waals surface area contributed by atoms with Gasteiger partial charge in [-0.25, -0.2) is 0 Å². The molecule has 1 aromatic carbocycles. The van der Waals surface area contributed by atoms with E-state index >= 15 is 0 Å². The van der Waals surface area contributed by atoms with Crippen LogP contribution in [0.4, 0.5) is 13.2 Å². The highest BCUT2D eigenvalue weighted by atomic mass is 79.9. The minimum atomic E-state index is -4.42. The average Bonchev–Trinajstić information content (AvgIpc) is 2.15. The molecule has 0 bridgehead atoms. The second-order valence-corrected chi connectivity index (χ2v) is 4.07.